The summed E-state index contributed by atoms with van der Waals surface area (Å²) < 4.78 is 10.0. The highest BCUT2D eigenvalue weighted by atomic mass is 28.3. The van der Waals surface area contributed by atoms with E-state index in [0.29, 0.717) is 5.54 Å². The minimum absolute atomic E-state index is 0.325. The third-order valence-corrected chi connectivity index (χ3v) is 8.17. The molecular weight excluding hydrogens is 262 g/mol. The van der Waals surface area contributed by atoms with Crippen molar-refractivity contribution in [3.05, 3.63) is 0 Å². The number of methoxy groups -OCH3 is 1. The second-order valence-corrected chi connectivity index (χ2v) is 12.0. The zero-order valence-electron chi connectivity index (χ0n) is 13.3. The van der Waals surface area contributed by atoms with Crippen LogP contribution in [0.3, 0.4) is 0 Å². The van der Waals surface area contributed by atoms with Crippen molar-refractivity contribution in [2.75, 3.05) is 7.11 Å². The summed E-state index contributed by atoms with van der Waals surface area (Å²) >= 11 is 0. The van der Waals surface area contributed by atoms with E-state index in [0.717, 1.165) is 0 Å². The van der Waals surface area contributed by atoms with Crippen LogP contribution in [-0.2, 0) is 14.3 Å². The number of alkyl carbamates (subject to hydrolysis) is 1. The minimum Gasteiger partial charge on any atom is -0.468 e. The Balaban J connectivity index is 5.00. The van der Waals surface area contributed by atoms with E-state index >= 15 is 0 Å². The summed E-state index contributed by atoms with van der Waals surface area (Å²) in [7, 11) is -0.689. The number of esters is 1. The molecule has 0 spiro atoms. The lowest BCUT2D eigenvalue weighted by molar-refractivity contribution is -0.141. The van der Waals surface area contributed by atoms with E-state index in [2.05, 4.69) is 32.3 Å². The molecule has 0 saturated heterocycles. The predicted molar refractivity (Wildman–Crippen MR) is 77.8 cm³/mol. The largest absolute Gasteiger partial charge is 0.468 e. The normalized spacial score (nSPS) is 13.9. The van der Waals surface area contributed by atoms with Crippen molar-refractivity contribution in [3.8, 4) is 0 Å². The van der Waals surface area contributed by atoms with Crippen LogP contribution in [0.15, 0.2) is 0 Å². The Morgan fingerprint density at radius 3 is 1.95 bits per heavy atom. The van der Waals surface area contributed by atoms with Crippen LogP contribution in [0.2, 0.25) is 18.6 Å². The van der Waals surface area contributed by atoms with Crippen molar-refractivity contribution >= 4 is 20.1 Å². The van der Waals surface area contributed by atoms with Crippen molar-refractivity contribution in [2.24, 2.45) is 0 Å². The number of hydrogen-bond donors (Lipinski definition) is 1. The van der Waals surface area contributed by atoms with Gasteiger partial charge in [0.1, 0.15) is 11.3 Å². The van der Waals surface area contributed by atoms with Gasteiger partial charge in [-0.1, -0.05) is 26.9 Å². The zero-order chi connectivity index (χ0) is 15.4. The van der Waals surface area contributed by atoms with Gasteiger partial charge in [0.25, 0.3) is 0 Å². The molecule has 1 N–H and O–H groups in total. The molecule has 1 unspecified atom stereocenters. The van der Waals surface area contributed by atoms with Crippen LogP contribution in [0.4, 0.5) is 4.79 Å². The third kappa shape index (κ3) is 5.63. The summed E-state index contributed by atoms with van der Waals surface area (Å²) in [6.45, 7) is 13.6. The third-order valence-electron chi connectivity index (χ3n) is 3.33. The molecule has 0 aliphatic carbocycles. The van der Waals surface area contributed by atoms with Crippen LogP contribution < -0.4 is 5.32 Å². The van der Waals surface area contributed by atoms with E-state index < -0.39 is 31.4 Å². The summed E-state index contributed by atoms with van der Waals surface area (Å²) in [6.07, 6.45) is -0.580. The van der Waals surface area contributed by atoms with Crippen molar-refractivity contribution in [1.29, 1.82) is 0 Å². The van der Waals surface area contributed by atoms with Crippen LogP contribution >= 0.6 is 0 Å². The molecular formula is C13H27NO4Si. The van der Waals surface area contributed by atoms with Crippen LogP contribution in [0.1, 0.15) is 34.6 Å². The highest BCUT2D eigenvalue weighted by Gasteiger charge is 2.42. The molecule has 0 bridgehead atoms. The number of nitrogens with one attached hydrogen (secondary N) is 1. The Hall–Kier alpha value is -1.04. The average molecular weight is 289 g/mol. The molecule has 112 valence electrons. The molecule has 0 rings (SSSR count). The van der Waals surface area contributed by atoms with Gasteiger partial charge >= 0.3 is 12.1 Å². The number of ether oxygens (including phenoxy) is 2. The van der Waals surface area contributed by atoms with Crippen molar-refractivity contribution in [1.82, 2.24) is 5.32 Å². The molecule has 0 aromatic rings. The summed E-state index contributed by atoms with van der Waals surface area (Å²) in [5.41, 5.74) is -0.868. The summed E-state index contributed by atoms with van der Waals surface area (Å²) in [5.74, 6) is -0.406. The SMILES string of the molecule is COC(=O)C(NC(=O)OC(C)(C)C)[Si](C)(C)C(C)C. The molecule has 19 heavy (non-hydrogen) atoms. The Bertz CT molecular complexity index is 334. The van der Waals surface area contributed by atoms with E-state index in [-0.39, 0.29) is 0 Å². The van der Waals surface area contributed by atoms with Gasteiger partial charge in [-0.15, -0.1) is 0 Å². The van der Waals surface area contributed by atoms with E-state index in [9.17, 15) is 9.59 Å². The topological polar surface area (TPSA) is 64.6 Å². The molecule has 0 aromatic heterocycles. The number of rotatable bonds is 4. The average Bonchev–Trinajstić information content (AvgIpc) is 2.21. The van der Waals surface area contributed by atoms with Crippen LogP contribution in [0, 0.1) is 0 Å². The van der Waals surface area contributed by atoms with E-state index in [1.54, 1.807) is 20.8 Å². The molecule has 6 heteroatoms. The highest BCUT2D eigenvalue weighted by molar-refractivity contribution is 6.83. The fourth-order valence-corrected chi connectivity index (χ4v) is 3.31. The van der Waals surface area contributed by atoms with Gasteiger partial charge in [0.05, 0.1) is 15.2 Å². The Morgan fingerprint density at radius 2 is 1.63 bits per heavy atom. The lowest BCUT2D eigenvalue weighted by Gasteiger charge is -2.34. The van der Waals surface area contributed by atoms with Crippen molar-refractivity contribution in [3.63, 3.8) is 0 Å². The number of carbonyl (C=O) groups excluding carboxylic acids is 2. The van der Waals surface area contributed by atoms with Gasteiger partial charge in [-0.25, -0.2) is 4.79 Å². The van der Waals surface area contributed by atoms with Gasteiger partial charge in [0.2, 0.25) is 0 Å². The lowest BCUT2D eigenvalue weighted by Crippen LogP contribution is -2.59. The monoisotopic (exact) mass is 289 g/mol. The van der Waals surface area contributed by atoms with Gasteiger partial charge < -0.3 is 14.8 Å². The first-order valence-electron chi connectivity index (χ1n) is 6.49. The molecule has 0 saturated carbocycles. The van der Waals surface area contributed by atoms with Crippen LogP contribution in [0.25, 0.3) is 0 Å². The van der Waals surface area contributed by atoms with E-state index in [1.165, 1.54) is 7.11 Å². The first kappa shape index (κ1) is 18.0. The standard InChI is InChI=1S/C13H27NO4Si/c1-9(2)19(7,8)10(11(15)17-6)14-12(16)18-13(3,4)5/h9-10H,1-8H3,(H,14,16). The Labute approximate surface area is 117 Å². The van der Waals surface area contributed by atoms with Gasteiger partial charge in [0, 0.05) is 0 Å². The number of amides is 1. The van der Waals surface area contributed by atoms with Crippen molar-refractivity contribution in [2.45, 2.75) is 64.5 Å². The second kappa shape index (κ2) is 6.41. The van der Waals surface area contributed by atoms with E-state index in [4.69, 9.17) is 9.47 Å². The molecule has 0 aromatic carbocycles. The van der Waals surface area contributed by atoms with Gasteiger partial charge in [-0.05, 0) is 26.3 Å². The maximum Gasteiger partial charge on any atom is 0.408 e. The highest BCUT2D eigenvalue weighted by Crippen LogP contribution is 2.25. The maximum absolute atomic E-state index is 11.9. The first-order valence-corrected chi connectivity index (χ1v) is 9.64. The molecule has 0 aliphatic heterocycles. The van der Waals surface area contributed by atoms with Crippen molar-refractivity contribution < 1.29 is 19.1 Å². The fraction of sp³-hybridized carbons (Fsp3) is 0.846. The molecule has 5 nitrogen and oxygen atoms in total. The number of hydrogen-bond acceptors (Lipinski definition) is 4. The van der Waals surface area contributed by atoms with Crippen LogP contribution in [-0.4, -0.2) is 38.5 Å². The molecule has 0 aliphatic rings. The quantitative estimate of drug-likeness (QED) is 0.638. The second-order valence-electron chi connectivity index (χ2n) is 6.58. The molecule has 0 fully saturated rings. The van der Waals surface area contributed by atoms with Gasteiger partial charge in [0.15, 0.2) is 0 Å². The van der Waals surface area contributed by atoms with E-state index in [1.807, 2.05) is 0 Å². The number of carbonyl (C=O) groups is 2. The first-order chi connectivity index (χ1) is 8.41. The smallest absolute Gasteiger partial charge is 0.408 e. The van der Waals surface area contributed by atoms with Crippen LogP contribution in [0.5, 0.6) is 0 Å². The molecule has 0 radical (unpaired) electrons. The molecule has 0 heterocycles. The minimum atomic E-state index is -2.02. The lowest BCUT2D eigenvalue weighted by atomic mass is 10.2. The predicted octanol–water partition coefficient (Wildman–Crippen LogP) is 2.71. The Morgan fingerprint density at radius 1 is 1.16 bits per heavy atom. The van der Waals surface area contributed by atoms with Gasteiger partial charge in [-0.3, -0.25) is 4.79 Å². The molecule has 1 amide bonds. The Kier molecular flexibility index (Phi) is 6.06. The summed E-state index contributed by atoms with van der Waals surface area (Å²) in [5, 5.41) is 2.67. The van der Waals surface area contributed by atoms with Gasteiger partial charge in [-0.2, -0.15) is 0 Å². The fourth-order valence-electron chi connectivity index (χ4n) is 1.43. The maximum atomic E-state index is 11.9. The molecule has 1 atom stereocenters. The summed E-state index contributed by atoms with van der Waals surface area (Å²) in [6, 6.07) is 0. The zero-order valence-corrected chi connectivity index (χ0v) is 14.3. The summed E-state index contributed by atoms with van der Waals surface area (Å²) in [4.78, 5) is 23.7.